The van der Waals surface area contributed by atoms with Crippen LogP contribution in [-0.2, 0) is 4.74 Å². The maximum Gasteiger partial charge on any atom is 0.166 e. The highest BCUT2D eigenvalue weighted by Crippen LogP contribution is 2.34. The van der Waals surface area contributed by atoms with Crippen LogP contribution in [0.2, 0.25) is 0 Å². The number of nitriles is 1. The lowest BCUT2D eigenvalue weighted by Crippen LogP contribution is -2.24. The Bertz CT molecular complexity index is 415. The molecule has 98 valence electrons. The van der Waals surface area contributed by atoms with Crippen molar-refractivity contribution in [2.45, 2.75) is 6.04 Å². The van der Waals surface area contributed by atoms with Gasteiger partial charge in [0.1, 0.15) is 6.04 Å². The van der Waals surface area contributed by atoms with Gasteiger partial charge in [0.25, 0.3) is 0 Å². The molecular weight excluding hydrogens is 232 g/mol. The summed E-state index contributed by atoms with van der Waals surface area (Å²) in [5.41, 5.74) is 0.760. The number of hydrogen-bond donors (Lipinski definition) is 1. The van der Waals surface area contributed by atoms with Crippen molar-refractivity contribution in [1.29, 1.82) is 5.26 Å². The molecule has 18 heavy (non-hydrogen) atoms. The lowest BCUT2D eigenvalue weighted by Gasteiger charge is -2.17. The fourth-order valence-electron chi connectivity index (χ4n) is 1.67. The molecule has 0 saturated carbocycles. The first kappa shape index (κ1) is 14.3. The van der Waals surface area contributed by atoms with E-state index >= 15 is 0 Å². The summed E-state index contributed by atoms with van der Waals surface area (Å²) in [7, 11) is 4.75. The second kappa shape index (κ2) is 7.54. The smallest absolute Gasteiger partial charge is 0.166 e. The third-order valence-corrected chi connectivity index (χ3v) is 2.53. The van der Waals surface area contributed by atoms with E-state index in [1.54, 1.807) is 27.4 Å². The molecule has 1 unspecified atom stereocenters. The molecule has 1 atom stereocenters. The van der Waals surface area contributed by atoms with E-state index in [9.17, 15) is 5.26 Å². The molecule has 0 amide bonds. The number of methoxy groups -OCH3 is 3. The van der Waals surface area contributed by atoms with Gasteiger partial charge in [0, 0.05) is 19.2 Å². The van der Waals surface area contributed by atoms with Crippen LogP contribution in [0, 0.1) is 11.3 Å². The largest absolute Gasteiger partial charge is 0.493 e. The summed E-state index contributed by atoms with van der Waals surface area (Å²) in [5, 5.41) is 12.3. The average Bonchev–Trinajstić information content (AvgIpc) is 2.42. The molecule has 5 nitrogen and oxygen atoms in total. The van der Waals surface area contributed by atoms with Crippen LogP contribution in [0.3, 0.4) is 0 Å². The maximum absolute atomic E-state index is 9.21. The van der Waals surface area contributed by atoms with E-state index in [0.717, 1.165) is 5.56 Å². The second-order valence-corrected chi connectivity index (χ2v) is 3.59. The number of hydrogen-bond acceptors (Lipinski definition) is 5. The summed E-state index contributed by atoms with van der Waals surface area (Å²) in [6, 6.07) is 7.22. The van der Waals surface area contributed by atoms with Gasteiger partial charge in [0.2, 0.25) is 0 Å². The van der Waals surface area contributed by atoms with Gasteiger partial charge in [-0.25, -0.2) is 0 Å². The van der Waals surface area contributed by atoms with Gasteiger partial charge < -0.3 is 14.2 Å². The molecule has 1 aromatic carbocycles. The monoisotopic (exact) mass is 250 g/mol. The molecule has 0 aromatic heterocycles. The predicted octanol–water partition coefficient (Wildman–Crippen LogP) is 1.50. The van der Waals surface area contributed by atoms with E-state index in [2.05, 4.69) is 11.4 Å². The average molecular weight is 250 g/mol. The minimum Gasteiger partial charge on any atom is -0.493 e. The van der Waals surface area contributed by atoms with Crippen molar-refractivity contribution in [2.75, 3.05) is 34.5 Å². The number of nitrogens with zero attached hydrogens (tertiary/aromatic N) is 1. The molecule has 0 aliphatic rings. The summed E-state index contributed by atoms with van der Waals surface area (Å²) >= 11 is 0. The lowest BCUT2D eigenvalue weighted by molar-refractivity contribution is 0.197. The Morgan fingerprint density at radius 2 is 2.06 bits per heavy atom. The number of rotatable bonds is 7. The van der Waals surface area contributed by atoms with Crippen LogP contribution >= 0.6 is 0 Å². The van der Waals surface area contributed by atoms with Gasteiger partial charge in [-0.15, -0.1) is 0 Å². The molecule has 0 saturated heterocycles. The molecule has 0 aliphatic heterocycles. The first-order chi connectivity index (χ1) is 8.78. The van der Waals surface area contributed by atoms with Crippen LogP contribution in [0.4, 0.5) is 0 Å². The minimum atomic E-state index is -0.454. The highest BCUT2D eigenvalue weighted by atomic mass is 16.5. The predicted molar refractivity (Wildman–Crippen MR) is 67.8 cm³/mol. The van der Waals surface area contributed by atoms with E-state index in [-0.39, 0.29) is 0 Å². The molecule has 1 aromatic rings. The van der Waals surface area contributed by atoms with Crippen molar-refractivity contribution >= 4 is 0 Å². The van der Waals surface area contributed by atoms with E-state index in [4.69, 9.17) is 14.2 Å². The van der Waals surface area contributed by atoms with Gasteiger partial charge in [-0.3, -0.25) is 5.32 Å². The van der Waals surface area contributed by atoms with Crippen LogP contribution in [0.5, 0.6) is 11.5 Å². The summed E-state index contributed by atoms with van der Waals surface area (Å²) in [6.07, 6.45) is 0. The van der Waals surface area contributed by atoms with Gasteiger partial charge in [0.15, 0.2) is 11.5 Å². The molecule has 5 heteroatoms. The number of nitrogens with one attached hydrogen (secondary N) is 1. The van der Waals surface area contributed by atoms with Gasteiger partial charge in [-0.05, 0) is 6.07 Å². The molecule has 0 heterocycles. The summed E-state index contributed by atoms with van der Waals surface area (Å²) in [6.45, 7) is 1.14. The Labute approximate surface area is 107 Å². The van der Waals surface area contributed by atoms with Crippen molar-refractivity contribution in [3.63, 3.8) is 0 Å². The number of ether oxygens (including phenoxy) is 3. The van der Waals surface area contributed by atoms with E-state index in [1.807, 2.05) is 12.1 Å². The van der Waals surface area contributed by atoms with Gasteiger partial charge in [0.05, 0.1) is 26.9 Å². The summed E-state index contributed by atoms with van der Waals surface area (Å²) in [5.74, 6) is 1.19. The summed E-state index contributed by atoms with van der Waals surface area (Å²) in [4.78, 5) is 0. The Balaban J connectivity index is 2.95. The highest BCUT2D eigenvalue weighted by Gasteiger charge is 2.17. The van der Waals surface area contributed by atoms with Crippen molar-refractivity contribution in [3.8, 4) is 17.6 Å². The molecule has 0 spiro atoms. The topological polar surface area (TPSA) is 63.5 Å². The second-order valence-electron chi connectivity index (χ2n) is 3.59. The minimum absolute atomic E-state index is 0.454. The molecule has 0 aliphatic carbocycles. The van der Waals surface area contributed by atoms with Crippen molar-refractivity contribution in [3.05, 3.63) is 23.8 Å². The molecule has 1 N–H and O–H groups in total. The zero-order valence-electron chi connectivity index (χ0n) is 10.9. The SMILES string of the molecule is COCCNC(C#N)c1cccc(OC)c1OC. The molecular formula is C13H18N2O3. The maximum atomic E-state index is 9.21. The third-order valence-electron chi connectivity index (χ3n) is 2.53. The number of para-hydroxylation sites is 1. The van der Waals surface area contributed by atoms with Crippen LogP contribution in [0.15, 0.2) is 18.2 Å². The Hall–Kier alpha value is -1.77. The first-order valence-corrected chi connectivity index (χ1v) is 5.61. The molecule has 0 radical (unpaired) electrons. The zero-order chi connectivity index (χ0) is 13.4. The van der Waals surface area contributed by atoms with E-state index in [0.29, 0.717) is 24.7 Å². The Morgan fingerprint density at radius 1 is 1.28 bits per heavy atom. The quantitative estimate of drug-likeness (QED) is 0.743. The van der Waals surface area contributed by atoms with Crippen LogP contribution in [0.25, 0.3) is 0 Å². The zero-order valence-corrected chi connectivity index (χ0v) is 10.9. The van der Waals surface area contributed by atoms with Crippen LogP contribution in [-0.4, -0.2) is 34.5 Å². The molecule has 0 bridgehead atoms. The van der Waals surface area contributed by atoms with Crippen molar-refractivity contribution in [1.82, 2.24) is 5.32 Å². The third kappa shape index (κ3) is 3.36. The van der Waals surface area contributed by atoms with Crippen molar-refractivity contribution < 1.29 is 14.2 Å². The standard InChI is InChI=1S/C13H18N2O3/c1-16-8-7-15-11(9-14)10-5-4-6-12(17-2)13(10)18-3/h4-6,11,15H,7-8H2,1-3H3. The molecule has 1 rings (SSSR count). The fourth-order valence-corrected chi connectivity index (χ4v) is 1.67. The van der Waals surface area contributed by atoms with Crippen molar-refractivity contribution in [2.24, 2.45) is 0 Å². The van der Waals surface area contributed by atoms with Gasteiger partial charge in [-0.1, -0.05) is 12.1 Å². The summed E-state index contributed by atoms with van der Waals surface area (Å²) < 4.78 is 15.5. The van der Waals surface area contributed by atoms with E-state index in [1.165, 1.54) is 0 Å². The van der Waals surface area contributed by atoms with Gasteiger partial charge >= 0.3 is 0 Å². The lowest BCUT2D eigenvalue weighted by atomic mass is 10.1. The van der Waals surface area contributed by atoms with Crippen LogP contribution < -0.4 is 14.8 Å². The van der Waals surface area contributed by atoms with Gasteiger partial charge in [-0.2, -0.15) is 5.26 Å². The van der Waals surface area contributed by atoms with Crippen LogP contribution in [0.1, 0.15) is 11.6 Å². The normalized spacial score (nSPS) is 11.7. The fraction of sp³-hybridized carbons (Fsp3) is 0.462. The molecule has 0 fully saturated rings. The van der Waals surface area contributed by atoms with E-state index < -0.39 is 6.04 Å². The Kier molecular flexibility index (Phi) is 5.98. The Morgan fingerprint density at radius 3 is 2.61 bits per heavy atom. The number of benzene rings is 1. The highest BCUT2D eigenvalue weighted by molar-refractivity contribution is 5.49. The first-order valence-electron chi connectivity index (χ1n) is 5.61.